The zero-order valence-corrected chi connectivity index (χ0v) is 11.8. The van der Waals surface area contributed by atoms with E-state index in [0.717, 1.165) is 17.7 Å². The number of nitrogens with zero attached hydrogens (tertiary/aromatic N) is 2. The number of hydrogen-bond donors (Lipinski definition) is 2. The van der Waals surface area contributed by atoms with Crippen LogP contribution in [0.25, 0.3) is 0 Å². The first-order valence-electron chi connectivity index (χ1n) is 6.13. The van der Waals surface area contributed by atoms with Crippen molar-refractivity contribution in [2.24, 2.45) is 7.05 Å². The van der Waals surface area contributed by atoms with Gasteiger partial charge in [-0.15, -0.1) is 0 Å². The number of hydrogen-bond acceptors (Lipinski definition) is 4. The summed E-state index contributed by atoms with van der Waals surface area (Å²) in [4.78, 5) is 12.0. The average molecular weight is 279 g/mol. The fourth-order valence-corrected chi connectivity index (χ4v) is 2.48. The third-order valence-electron chi connectivity index (χ3n) is 2.91. The summed E-state index contributed by atoms with van der Waals surface area (Å²) in [5.74, 6) is -0.219. The van der Waals surface area contributed by atoms with Gasteiger partial charge in [0.1, 0.15) is 5.69 Å². The maximum atomic E-state index is 12.0. The molecule has 1 amide bonds. The molecule has 2 heterocycles. The van der Waals surface area contributed by atoms with E-state index in [4.69, 9.17) is 0 Å². The molecule has 0 saturated carbocycles. The highest BCUT2D eigenvalue weighted by Crippen LogP contribution is 2.15. The molecular formula is C13H17N3O2S. The molecule has 102 valence electrons. The van der Waals surface area contributed by atoms with Gasteiger partial charge in [0.25, 0.3) is 5.91 Å². The van der Waals surface area contributed by atoms with Crippen molar-refractivity contribution in [1.82, 2.24) is 15.1 Å². The van der Waals surface area contributed by atoms with E-state index >= 15 is 0 Å². The van der Waals surface area contributed by atoms with Gasteiger partial charge in [0, 0.05) is 13.6 Å². The van der Waals surface area contributed by atoms with Gasteiger partial charge in [0.2, 0.25) is 0 Å². The van der Waals surface area contributed by atoms with Crippen LogP contribution in [0.2, 0.25) is 0 Å². The minimum absolute atomic E-state index is 0.197. The van der Waals surface area contributed by atoms with Crippen LogP contribution in [0.5, 0.6) is 0 Å². The molecule has 6 heteroatoms. The fraction of sp³-hybridized carbons (Fsp3) is 0.385. The third kappa shape index (κ3) is 3.21. The van der Waals surface area contributed by atoms with Crippen LogP contribution >= 0.6 is 11.3 Å². The first-order chi connectivity index (χ1) is 9.11. The zero-order chi connectivity index (χ0) is 13.8. The molecule has 2 aromatic heterocycles. The zero-order valence-electron chi connectivity index (χ0n) is 11.0. The predicted octanol–water partition coefficient (Wildman–Crippen LogP) is 1.51. The van der Waals surface area contributed by atoms with E-state index in [1.807, 2.05) is 23.8 Å². The molecule has 0 spiro atoms. The van der Waals surface area contributed by atoms with Crippen molar-refractivity contribution < 1.29 is 9.90 Å². The van der Waals surface area contributed by atoms with Crippen LogP contribution in [0.15, 0.2) is 22.9 Å². The molecule has 2 N–H and O–H groups in total. The van der Waals surface area contributed by atoms with Gasteiger partial charge in [-0.3, -0.25) is 9.48 Å². The Hall–Kier alpha value is -1.66. The van der Waals surface area contributed by atoms with Crippen molar-refractivity contribution in [2.45, 2.75) is 19.4 Å². The number of aromatic nitrogens is 2. The van der Waals surface area contributed by atoms with Crippen molar-refractivity contribution in [1.29, 1.82) is 0 Å². The van der Waals surface area contributed by atoms with Gasteiger partial charge < -0.3 is 10.4 Å². The highest BCUT2D eigenvalue weighted by atomic mass is 32.1. The predicted molar refractivity (Wildman–Crippen MR) is 74.2 cm³/mol. The number of thiophene rings is 1. The number of rotatable bonds is 5. The SMILES string of the molecule is CCc1cc(C(=O)NCC(O)c2ccsc2)n(C)n1. The molecule has 0 fully saturated rings. The summed E-state index contributed by atoms with van der Waals surface area (Å²) in [6, 6.07) is 3.62. The monoisotopic (exact) mass is 279 g/mol. The molecule has 0 aliphatic rings. The van der Waals surface area contributed by atoms with Gasteiger partial charge >= 0.3 is 0 Å². The van der Waals surface area contributed by atoms with E-state index in [-0.39, 0.29) is 12.5 Å². The first-order valence-corrected chi connectivity index (χ1v) is 7.07. The molecule has 0 radical (unpaired) electrons. The Kier molecular flexibility index (Phi) is 4.34. The van der Waals surface area contributed by atoms with Crippen LogP contribution in [-0.2, 0) is 13.5 Å². The second kappa shape index (κ2) is 5.99. The van der Waals surface area contributed by atoms with Crippen LogP contribution in [-0.4, -0.2) is 27.3 Å². The summed E-state index contributed by atoms with van der Waals surface area (Å²) in [7, 11) is 1.74. The molecule has 2 rings (SSSR count). The van der Waals surface area contributed by atoms with Gasteiger partial charge in [0.15, 0.2) is 0 Å². The third-order valence-corrected chi connectivity index (χ3v) is 3.61. The quantitative estimate of drug-likeness (QED) is 0.871. The lowest BCUT2D eigenvalue weighted by Gasteiger charge is -2.10. The topological polar surface area (TPSA) is 67.2 Å². The molecule has 0 saturated heterocycles. The van der Waals surface area contributed by atoms with Crippen LogP contribution in [0.4, 0.5) is 0 Å². The van der Waals surface area contributed by atoms with E-state index in [1.165, 1.54) is 11.3 Å². The normalized spacial score (nSPS) is 12.4. The average Bonchev–Trinajstić information content (AvgIpc) is 3.04. The lowest BCUT2D eigenvalue weighted by atomic mass is 10.2. The summed E-state index contributed by atoms with van der Waals surface area (Å²) in [5.41, 5.74) is 2.21. The second-order valence-corrected chi connectivity index (χ2v) is 5.06. The maximum absolute atomic E-state index is 12.0. The lowest BCUT2D eigenvalue weighted by Crippen LogP contribution is -2.29. The standard InChI is InChI=1S/C13H17N3O2S/c1-3-10-6-11(16(2)15-10)13(18)14-7-12(17)9-4-5-19-8-9/h4-6,8,12,17H,3,7H2,1-2H3,(H,14,18). The van der Waals surface area contributed by atoms with Gasteiger partial charge in [0.05, 0.1) is 11.8 Å². The van der Waals surface area contributed by atoms with Crippen LogP contribution < -0.4 is 5.32 Å². The Labute approximate surface area is 115 Å². The molecule has 2 aromatic rings. The number of aliphatic hydroxyl groups is 1. The van der Waals surface area contributed by atoms with Gasteiger partial charge in [-0.25, -0.2) is 0 Å². The number of carbonyl (C=O) groups excluding carboxylic acids is 1. The van der Waals surface area contributed by atoms with Crippen molar-refractivity contribution in [3.05, 3.63) is 39.8 Å². The Bertz CT molecular complexity index is 548. The van der Waals surface area contributed by atoms with Crippen molar-refractivity contribution >= 4 is 17.2 Å². The molecule has 1 atom stereocenters. The minimum atomic E-state index is -0.672. The summed E-state index contributed by atoms with van der Waals surface area (Å²) in [6.45, 7) is 2.19. The van der Waals surface area contributed by atoms with Crippen molar-refractivity contribution in [3.63, 3.8) is 0 Å². The molecule has 19 heavy (non-hydrogen) atoms. The largest absolute Gasteiger partial charge is 0.387 e. The van der Waals surface area contributed by atoms with E-state index in [2.05, 4.69) is 10.4 Å². The summed E-state index contributed by atoms with van der Waals surface area (Å²) in [6.07, 6.45) is 0.118. The highest BCUT2D eigenvalue weighted by molar-refractivity contribution is 7.07. The number of aliphatic hydroxyl groups excluding tert-OH is 1. The molecule has 0 aliphatic carbocycles. The number of aryl methyl sites for hydroxylation is 2. The van der Waals surface area contributed by atoms with E-state index in [9.17, 15) is 9.90 Å². The van der Waals surface area contributed by atoms with Gasteiger partial charge in [-0.05, 0) is 34.9 Å². The number of nitrogens with one attached hydrogen (secondary N) is 1. The molecule has 5 nitrogen and oxygen atoms in total. The minimum Gasteiger partial charge on any atom is -0.387 e. The highest BCUT2D eigenvalue weighted by Gasteiger charge is 2.14. The molecular weight excluding hydrogens is 262 g/mol. The molecule has 0 aliphatic heterocycles. The second-order valence-electron chi connectivity index (χ2n) is 4.28. The summed E-state index contributed by atoms with van der Waals surface area (Å²) in [5, 5.41) is 20.6. The molecule has 0 aromatic carbocycles. The Morgan fingerprint density at radius 2 is 2.42 bits per heavy atom. The van der Waals surface area contributed by atoms with E-state index in [0.29, 0.717) is 5.69 Å². The van der Waals surface area contributed by atoms with Crippen LogP contribution in [0.1, 0.15) is 34.8 Å². The van der Waals surface area contributed by atoms with E-state index < -0.39 is 6.10 Å². The summed E-state index contributed by atoms with van der Waals surface area (Å²) >= 11 is 1.52. The fourth-order valence-electron chi connectivity index (χ4n) is 1.77. The Morgan fingerprint density at radius 3 is 3.00 bits per heavy atom. The van der Waals surface area contributed by atoms with Crippen molar-refractivity contribution in [3.8, 4) is 0 Å². The smallest absolute Gasteiger partial charge is 0.269 e. The molecule has 0 bridgehead atoms. The number of amides is 1. The van der Waals surface area contributed by atoms with E-state index in [1.54, 1.807) is 17.8 Å². The summed E-state index contributed by atoms with van der Waals surface area (Å²) < 4.78 is 1.56. The van der Waals surface area contributed by atoms with Crippen LogP contribution in [0.3, 0.4) is 0 Å². The van der Waals surface area contributed by atoms with Crippen LogP contribution in [0, 0.1) is 0 Å². The first kappa shape index (κ1) is 13.8. The lowest BCUT2D eigenvalue weighted by molar-refractivity contribution is 0.0907. The Morgan fingerprint density at radius 1 is 1.63 bits per heavy atom. The van der Waals surface area contributed by atoms with Crippen molar-refractivity contribution in [2.75, 3.05) is 6.54 Å². The maximum Gasteiger partial charge on any atom is 0.269 e. The Balaban J connectivity index is 1.95. The number of carbonyl (C=O) groups is 1. The van der Waals surface area contributed by atoms with Gasteiger partial charge in [-0.1, -0.05) is 6.92 Å². The molecule has 1 unspecified atom stereocenters. The van der Waals surface area contributed by atoms with Gasteiger partial charge in [-0.2, -0.15) is 16.4 Å².